The van der Waals surface area contributed by atoms with E-state index in [2.05, 4.69) is 0 Å². The Labute approximate surface area is 91.0 Å². The highest BCUT2D eigenvalue weighted by Gasteiger charge is 2.44. The van der Waals surface area contributed by atoms with Crippen LogP contribution in [0.2, 0.25) is 0 Å². The smallest absolute Gasteiger partial charge is 0.396 e. The third kappa shape index (κ3) is 3.64. The predicted octanol–water partition coefficient (Wildman–Crippen LogP) is 0.549. The molecule has 7 heteroatoms. The lowest BCUT2D eigenvalue weighted by Crippen LogP contribution is -2.40. The summed E-state index contributed by atoms with van der Waals surface area (Å²) in [5, 5.41) is 8.49. The van der Waals surface area contributed by atoms with Crippen LogP contribution in [0, 0.1) is 0 Å². The number of carbonyl (C=O) groups is 1. The van der Waals surface area contributed by atoms with Gasteiger partial charge >= 0.3 is 12.1 Å². The molecule has 4 nitrogen and oxygen atoms in total. The van der Waals surface area contributed by atoms with Gasteiger partial charge in [-0.3, -0.25) is 4.79 Å². The molecular formula is C9H14F3NO3. The van der Waals surface area contributed by atoms with Crippen molar-refractivity contribution in [2.24, 2.45) is 0 Å². The fourth-order valence-corrected chi connectivity index (χ4v) is 1.54. The molecule has 1 fully saturated rings. The zero-order valence-electron chi connectivity index (χ0n) is 8.66. The quantitative estimate of drug-likeness (QED) is 0.731. The molecule has 1 unspecified atom stereocenters. The number of carbonyl (C=O) groups excluding carboxylic acids is 1. The number of ether oxygens (including phenoxy) is 1. The second-order valence-corrected chi connectivity index (χ2v) is 3.61. The van der Waals surface area contributed by atoms with Crippen LogP contribution in [0.4, 0.5) is 13.2 Å². The molecule has 1 amide bonds. The Morgan fingerprint density at radius 1 is 1.50 bits per heavy atom. The molecule has 1 N–H and O–H groups in total. The first-order valence-corrected chi connectivity index (χ1v) is 5.03. The number of hydrogen-bond acceptors (Lipinski definition) is 3. The fraction of sp³-hybridized carbons (Fsp3) is 0.889. The number of alkyl halides is 3. The average molecular weight is 241 g/mol. The molecule has 94 valence electrons. The first-order valence-electron chi connectivity index (χ1n) is 5.03. The number of hydrogen-bond donors (Lipinski definition) is 1. The zero-order valence-corrected chi connectivity index (χ0v) is 8.66. The van der Waals surface area contributed by atoms with E-state index in [9.17, 15) is 18.0 Å². The third-order valence-electron chi connectivity index (χ3n) is 2.33. The lowest BCUT2D eigenvalue weighted by atomic mass is 10.3. The average Bonchev–Trinajstić information content (AvgIpc) is 2.64. The van der Waals surface area contributed by atoms with Crippen LogP contribution >= 0.6 is 0 Å². The molecule has 1 saturated heterocycles. The van der Waals surface area contributed by atoms with Crippen molar-refractivity contribution < 1.29 is 27.8 Å². The van der Waals surface area contributed by atoms with E-state index in [4.69, 9.17) is 9.84 Å². The Kier molecular flexibility index (Phi) is 4.55. The number of nitrogens with zero attached hydrogens (tertiary/aromatic N) is 1. The molecule has 0 aliphatic carbocycles. The number of halogens is 3. The lowest BCUT2D eigenvalue weighted by molar-refractivity contribution is -0.184. The molecule has 0 saturated carbocycles. The molecule has 0 spiro atoms. The van der Waals surface area contributed by atoms with E-state index in [0.717, 1.165) is 4.90 Å². The summed E-state index contributed by atoms with van der Waals surface area (Å²) in [4.78, 5) is 11.6. The second kappa shape index (κ2) is 5.49. The van der Waals surface area contributed by atoms with Crippen molar-refractivity contribution in [3.8, 4) is 0 Å². The number of aliphatic hydroxyl groups excluding tert-OH is 1. The van der Waals surface area contributed by atoms with Gasteiger partial charge in [0.1, 0.15) is 0 Å². The van der Waals surface area contributed by atoms with Gasteiger partial charge in [-0.15, -0.1) is 0 Å². The minimum Gasteiger partial charge on any atom is -0.396 e. The van der Waals surface area contributed by atoms with E-state index in [1.807, 2.05) is 0 Å². The van der Waals surface area contributed by atoms with Crippen LogP contribution in [0.15, 0.2) is 0 Å². The summed E-state index contributed by atoms with van der Waals surface area (Å²) in [5.41, 5.74) is 0. The highest BCUT2D eigenvalue weighted by Crippen LogP contribution is 2.22. The molecule has 1 rings (SSSR count). The van der Waals surface area contributed by atoms with Gasteiger partial charge in [0.25, 0.3) is 0 Å². The Bertz CT molecular complexity index is 245. The van der Waals surface area contributed by atoms with Crippen molar-refractivity contribution >= 4 is 5.91 Å². The number of aliphatic hydroxyl groups is 1. The Balaban J connectivity index is 2.32. The van der Waals surface area contributed by atoms with Crippen LogP contribution in [0.25, 0.3) is 0 Å². The molecule has 0 aromatic carbocycles. The van der Waals surface area contributed by atoms with Crippen molar-refractivity contribution in [2.45, 2.75) is 25.1 Å². The van der Waals surface area contributed by atoms with Gasteiger partial charge in [0.05, 0.1) is 6.10 Å². The van der Waals surface area contributed by atoms with Crippen LogP contribution in [-0.2, 0) is 9.53 Å². The number of rotatable bonds is 4. The predicted molar refractivity (Wildman–Crippen MR) is 48.7 cm³/mol. The van der Waals surface area contributed by atoms with Crippen LogP contribution in [0.1, 0.15) is 12.8 Å². The first-order chi connectivity index (χ1) is 7.45. The topological polar surface area (TPSA) is 49.8 Å². The summed E-state index contributed by atoms with van der Waals surface area (Å²) in [6.07, 6.45) is -4.30. The van der Waals surface area contributed by atoms with Gasteiger partial charge in [-0.1, -0.05) is 0 Å². The highest BCUT2D eigenvalue weighted by atomic mass is 19.4. The van der Waals surface area contributed by atoms with E-state index >= 15 is 0 Å². The van der Waals surface area contributed by atoms with Crippen molar-refractivity contribution in [1.29, 1.82) is 0 Å². The molecular weight excluding hydrogens is 227 g/mol. The molecule has 1 atom stereocenters. The van der Waals surface area contributed by atoms with E-state index < -0.39 is 12.1 Å². The molecule has 1 heterocycles. The van der Waals surface area contributed by atoms with Crippen LogP contribution in [0.5, 0.6) is 0 Å². The van der Waals surface area contributed by atoms with Gasteiger partial charge in [0.15, 0.2) is 0 Å². The van der Waals surface area contributed by atoms with Crippen molar-refractivity contribution in [1.82, 2.24) is 4.90 Å². The Hall–Kier alpha value is -0.820. The molecule has 0 aromatic rings. The van der Waals surface area contributed by atoms with Gasteiger partial charge in [-0.05, 0) is 12.8 Å². The van der Waals surface area contributed by atoms with Crippen LogP contribution in [0.3, 0.4) is 0 Å². The molecule has 0 radical (unpaired) electrons. The summed E-state index contributed by atoms with van der Waals surface area (Å²) in [6, 6.07) is 0. The van der Waals surface area contributed by atoms with Gasteiger partial charge in [-0.2, -0.15) is 13.2 Å². The maximum absolute atomic E-state index is 12.1. The van der Waals surface area contributed by atoms with Crippen molar-refractivity contribution in [3.05, 3.63) is 0 Å². The third-order valence-corrected chi connectivity index (χ3v) is 2.33. The SMILES string of the molecule is O=C(N1CCC(OCCCO)C1)C(F)(F)F. The minimum absolute atomic E-state index is 0.0160. The number of amides is 1. The van der Waals surface area contributed by atoms with Gasteiger partial charge in [0.2, 0.25) is 0 Å². The molecule has 16 heavy (non-hydrogen) atoms. The van der Waals surface area contributed by atoms with E-state index in [-0.39, 0.29) is 25.8 Å². The summed E-state index contributed by atoms with van der Waals surface area (Å²) >= 11 is 0. The highest BCUT2D eigenvalue weighted by molar-refractivity contribution is 5.82. The second-order valence-electron chi connectivity index (χ2n) is 3.61. The van der Waals surface area contributed by atoms with Crippen LogP contribution in [-0.4, -0.2) is 54.5 Å². The molecule has 1 aliphatic rings. The molecule has 0 aromatic heterocycles. The molecule has 0 bridgehead atoms. The Morgan fingerprint density at radius 2 is 2.19 bits per heavy atom. The largest absolute Gasteiger partial charge is 0.471 e. The normalized spacial score (nSPS) is 21.5. The monoisotopic (exact) mass is 241 g/mol. The maximum atomic E-state index is 12.1. The van der Waals surface area contributed by atoms with E-state index in [1.165, 1.54) is 0 Å². The van der Waals surface area contributed by atoms with Crippen LogP contribution < -0.4 is 0 Å². The van der Waals surface area contributed by atoms with E-state index in [0.29, 0.717) is 19.4 Å². The summed E-state index contributed by atoms with van der Waals surface area (Å²) in [6.45, 7) is 0.332. The Morgan fingerprint density at radius 3 is 2.75 bits per heavy atom. The maximum Gasteiger partial charge on any atom is 0.471 e. The van der Waals surface area contributed by atoms with Gasteiger partial charge < -0.3 is 14.7 Å². The first kappa shape index (κ1) is 13.2. The standard InChI is InChI=1S/C9H14F3NO3/c10-9(11,12)8(15)13-3-2-7(6-13)16-5-1-4-14/h7,14H,1-6H2. The van der Waals surface area contributed by atoms with Gasteiger partial charge in [-0.25, -0.2) is 0 Å². The lowest BCUT2D eigenvalue weighted by Gasteiger charge is -2.17. The summed E-state index contributed by atoms with van der Waals surface area (Å²) < 4.78 is 41.4. The van der Waals surface area contributed by atoms with Crippen molar-refractivity contribution in [3.63, 3.8) is 0 Å². The summed E-state index contributed by atoms with van der Waals surface area (Å²) in [7, 11) is 0. The fourth-order valence-electron chi connectivity index (χ4n) is 1.54. The van der Waals surface area contributed by atoms with Crippen molar-refractivity contribution in [2.75, 3.05) is 26.3 Å². The van der Waals surface area contributed by atoms with E-state index in [1.54, 1.807) is 0 Å². The summed E-state index contributed by atoms with van der Waals surface area (Å²) in [5.74, 6) is -1.80. The van der Waals surface area contributed by atoms with Gasteiger partial charge in [0, 0.05) is 26.3 Å². The zero-order chi connectivity index (χ0) is 12.2. The molecule has 1 aliphatic heterocycles. The number of likely N-dealkylation sites (tertiary alicyclic amines) is 1. The minimum atomic E-state index is -4.81.